The fourth-order valence-electron chi connectivity index (χ4n) is 2.69. The van der Waals surface area contributed by atoms with Crippen molar-refractivity contribution in [3.8, 4) is 23.0 Å². The van der Waals surface area contributed by atoms with E-state index >= 15 is 0 Å². The van der Waals surface area contributed by atoms with Crippen molar-refractivity contribution in [3.63, 3.8) is 0 Å². The van der Waals surface area contributed by atoms with E-state index in [0.29, 0.717) is 33.0 Å². The maximum absolute atomic E-state index is 5.83. The summed E-state index contributed by atoms with van der Waals surface area (Å²) in [5.74, 6) is 3.09. The summed E-state index contributed by atoms with van der Waals surface area (Å²) in [4.78, 5) is 0. The Bertz CT molecular complexity index is 751. The van der Waals surface area contributed by atoms with Gasteiger partial charge in [0.1, 0.15) is 13.2 Å². The van der Waals surface area contributed by atoms with Gasteiger partial charge in [0, 0.05) is 18.3 Å². The molecule has 1 heterocycles. The molecule has 0 radical (unpaired) electrons. The van der Waals surface area contributed by atoms with Crippen LogP contribution >= 0.6 is 15.9 Å². The second-order valence-corrected chi connectivity index (χ2v) is 6.75. The standard InChI is InChI=1S/C20H24BrNO4/c1-3-7-26-20-16(21)10-14(11-19(20)23-4-2)13-22-15-5-6-17-18(12-15)25-9-8-24-17/h5-6,10-12,22H,3-4,7-9,13H2,1-2H3. The third-order valence-electron chi connectivity index (χ3n) is 3.86. The number of benzene rings is 2. The smallest absolute Gasteiger partial charge is 0.175 e. The van der Waals surface area contributed by atoms with Gasteiger partial charge in [-0.1, -0.05) is 6.92 Å². The number of hydrogen-bond donors (Lipinski definition) is 1. The largest absolute Gasteiger partial charge is 0.490 e. The highest BCUT2D eigenvalue weighted by molar-refractivity contribution is 9.10. The Hall–Kier alpha value is -2.08. The minimum Gasteiger partial charge on any atom is -0.490 e. The van der Waals surface area contributed by atoms with Crippen molar-refractivity contribution in [2.75, 3.05) is 31.7 Å². The van der Waals surface area contributed by atoms with Crippen LogP contribution in [0.15, 0.2) is 34.8 Å². The second kappa shape index (κ2) is 9.03. The predicted molar refractivity (Wildman–Crippen MR) is 106 cm³/mol. The average Bonchev–Trinajstić information content (AvgIpc) is 2.66. The molecule has 5 nitrogen and oxygen atoms in total. The fourth-order valence-corrected chi connectivity index (χ4v) is 3.29. The molecule has 0 aromatic heterocycles. The minimum absolute atomic E-state index is 0.584. The van der Waals surface area contributed by atoms with Crippen molar-refractivity contribution in [3.05, 3.63) is 40.4 Å². The van der Waals surface area contributed by atoms with Crippen LogP contribution in [-0.4, -0.2) is 26.4 Å². The summed E-state index contributed by atoms with van der Waals surface area (Å²) >= 11 is 3.60. The van der Waals surface area contributed by atoms with Gasteiger partial charge in [0.15, 0.2) is 23.0 Å². The first-order valence-corrected chi connectivity index (χ1v) is 9.72. The molecule has 0 aliphatic carbocycles. The Morgan fingerprint density at radius 3 is 2.62 bits per heavy atom. The lowest BCUT2D eigenvalue weighted by atomic mass is 10.2. The van der Waals surface area contributed by atoms with Crippen LogP contribution in [0.5, 0.6) is 23.0 Å². The fraction of sp³-hybridized carbons (Fsp3) is 0.400. The summed E-state index contributed by atoms with van der Waals surface area (Å²) in [6.07, 6.45) is 0.950. The van der Waals surface area contributed by atoms with Crippen molar-refractivity contribution in [2.45, 2.75) is 26.8 Å². The molecule has 1 aliphatic heterocycles. The van der Waals surface area contributed by atoms with E-state index in [-0.39, 0.29) is 0 Å². The SMILES string of the molecule is CCCOc1c(Br)cc(CNc2ccc3c(c2)OCCO3)cc1OCC. The number of halogens is 1. The molecular formula is C20H24BrNO4. The highest BCUT2D eigenvalue weighted by atomic mass is 79.9. The number of rotatable bonds is 8. The molecule has 0 atom stereocenters. The number of anilines is 1. The summed E-state index contributed by atoms with van der Waals surface area (Å²) in [6.45, 7) is 7.14. The van der Waals surface area contributed by atoms with Crippen molar-refractivity contribution in [1.82, 2.24) is 0 Å². The van der Waals surface area contributed by atoms with E-state index in [4.69, 9.17) is 18.9 Å². The zero-order valence-corrected chi connectivity index (χ0v) is 16.7. The topological polar surface area (TPSA) is 49.0 Å². The van der Waals surface area contributed by atoms with Gasteiger partial charge in [-0.15, -0.1) is 0 Å². The molecule has 0 bridgehead atoms. The van der Waals surface area contributed by atoms with Gasteiger partial charge in [-0.05, 0) is 59.1 Å². The van der Waals surface area contributed by atoms with Crippen LogP contribution in [0.3, 0.4) is 0 Å². The summed E-state index contributed by atoms with van der Waals surface area (Å²) in [5.41, 5.74) is 2.08. The third-order valence-corrected chi connectivity index (χ3v) is 4.45. The normalized spacial score (nSPS) is 12.6. The monoisotopic (exact) mass is 421 g/mol. The Kier molecular flexibility index (Phi) is 6.50. The Morgan fingerprint density at radius 2 is 1.85 bits per heavy atom. The van der Waals surface area contributed by atoms with Gasteiger partial charge in [0.2, 0.25) is 0 Å². The molecule has 0 spiro atoms. The lowest BCUT2D eigenvalue weighted by molar-refractivity contribution is 0.171. The van der Waals surface area contributed by atoms with Crippen molar-refractivity contribution < 1.29 is 18.9 Å². The molecule has 3 rings (SSSR count). The van der Waals surface area contributed by atoms with E-state index < -0.39 is 0 Å². The van der Waals surface area contributed by atoms with Gasteiger partial charge >= 0.3 is 0 Å². The van der Waals surface area contributed by atoms with Gasteiger partial charge in [0.25, 0.3) is 0 Å². The summed E-state index contributed by atoms with van der Waals surface area (Å²) in [5, 5.41) is 3.42. The Balaban J connectivity index is 1.73. The zero-order chi connectivity index (χ0) is 18.4. The molecule has 0 unspecified atom stereocenters. The Morgan fingerprint density at radius 1 is 1.04 bits per heavy atom. The van der Waals surface area contributed by atoms with E-state index in [2.05, 4.69) is 34.2 Å². The van der Waals surface area contributed by atoms with E-state index in [9.17, 15) is 0 Å². The van der Waals surface area contributed by atoms with E-state index in [1.165, 1.54) is 0 Å². The molecule has 0 saturated carbocycles. The first-order chi connectivity index (χ1) is 12.7. The van der Waals surface area contributed by atoms with Crippen LogP contribution in [0.25, 0.3) is 0 Å². The summed E-state index contributed by atoms with van der Waals surface area (Å²) in [6, 6.07) is 9.96. The molecular weight excluding hydrogens is 398 g/mol. The van der Waals surface area contributed by atoms with Gasteiger partial charge in [0.05, 0.1) is 17.7 Å². The van der Waals surface area contributed by atoms with Crippen LogP contribution in [0.1, 0.15) is 25.8 Å². The molecule has 2 aromatic carbocycles. The van der Waals surface area contributed by atoms with Crippen molar-refractivity contribution in [1.29, 1.82) is 0 Å². The molecule has 0 saturated heterocycles. The highest BCUT2D eigenvalue weighted by Gasteiger charge is 2.14. The Labute approximate surface area is 162 Å². The molecule has 1 aliphatic rings. The molecule has 2 aromatic rings. The van der Waals surface area contributed by atoms with Gasteiger partial charge in [-0.2, -0.15) is 0 Å². The molecule has 0 amide bonds. The predicted octanol–water partition coefficient (Wildman–Crippen LogP) is 5.02. The zero-order valence-electron chi connectivity index (χ0n) is 15.1. The number of nitrogens with one attached hydrogen (secondary N) is 1. The summed E-state index contributed by atoms with van der Waals surface area (Å²) < 4.78 is 23.7. The van der Waals surface area contributed by atoms with E-state index in [1.54, 1.807) is 0 Å². The van der Waals surface area contributed by atoms with Crippen LogP contribution in [0.2, 0.25) is 0 Å². The third kappa shape index (κ3) is 4.55. The second-order valence-electron chi connectivity index (χ2n) is 5.90. The number of fused-ring (bicyclic) bond motifs is 1. The van der Waals surface area contributed by atoms with E-state index in [1.807, 2.05) is 31.2 Å². The lowest BCUT2D eigenvalue weighted by Gasteiger charge is -2.19. The first kappa shape index (κ1) is 18.7. The molecule has 6 heteroatoms. The van der Waals surface area contributed by atoms with Crippen LogP contribution in [0.4, 0.5) is 5.69 Å². The summed E-state index contributed by atoms with van der Waals surface area (Å²) in [7, 11) is 0. The van der Waals surface area contributed by atoms with Gasteiger partial charge < -0.3 is 24.3 Å². The van der Waals surface area contributed by atoms with E-state index in [0.717, 1.165) is 45.1 Å². The van der Waals surface area contributed by atoms with Crippen LogP contribution < -0.4 is 24.3 Å². The molecule has 1 N–H and O–H groups in total. The number of hydrogen-bond acceptors (Lipinski definition) is 5. The first-order valence-electron chi connectivity index (χ1n) is 8.92. The van der Waals surface area contributed by atoms with Crippen molar-refractivity contribution >= 4 is 21.6 Å². The molecule has 26 heavy (non-hydrogen) atoms. The maximum Gasteiger partial charge on any atom is 0.175 e. The van der Waals surface area contributed by atoms with Crippen LogP contribution in [-0.2, 0) is 6.54 Å². The van der Waals surface area contributed by atoms with Crippen molar-refractivity contribution in [2.24, 2.45) is 0 Å². The molecule has 0 fully saturated rings. The highest BCUT2D eigenvalue weighted by Crippen LogP contribution is 2.37. The molecule has 140 valence electrons. The lowest BCUT2D eigenvalue weighted by Crippen LogP contribution is -2.15. The maximum atomic E-state index is 5.83. The van der Waals surface area contributed by atoms with Gasteiger partial charge in [-0.25, -0.2) is 0 Å². The average molecular weight is 422 g/mol. The van der Waals surface area contributed by atoms with Crippen LogP contribution in [0, 0.1) is 0 Å². The number of ether oxygens (including phenoxy) is 4. The minimum atomic E-state index is 0.584. The quantitative estimate of drug-likeness (QED) is 0.648. The van der Waals surface area contributed by atoms with Gasteiger partial charge in [-0.3, -0.25) is 0 Å².